The lowest BCUT2D eigenvalue weighted by Gasteiger charge is -2.30. The Morgan fingerprint density at radius 3 is 3.10 bits per heavy atom. The Morgan fingerprint density at radius 1 is 1.43 bits per heavy atom. The van der Waals surface area contributed by atoms with Crippen LogP contribution in [0.3, 0.4) is 0 Å². The summed E-state index contributed by atoms with van der Waals surface area (Å²) in [5.41, 5.74) is 2.26. The normalized spacial score (nSPS) is 21.9. The van der Waals surface area contributed by atoms with Crippen LogP contribution in [0.1, 0.15) is 31.7 Å². The SMILES string of the molecule is CCCN1C(=O)COc2ccc(CC3CCCNC3)cc21. The van der Waals surface area contributed by atoms with Crippen molar-refractivity contribution in [3.8, 4) is 5.75 Å². The van der Waals surface area contributed by atoms with Crippen molar-refractivity contribution in [1.82, 2.24) is 5.32 Å². The van der Waals surface area contributed by atoms with E-state index in [1.54, 1.807) is 0 Å². The Labute approximate surface area is 126 Å². The molecule has 0 spiro atoms. The smallest absolute Gasteiger partial charge is 0.265 e. The number of fused-ring (bicyclic) bond motifs is 1. The van der Waals surface area contributed by atoms with Crippen LogP contribution in [0.15, 0.2) is 18.2 Å². The van der Waals surface area contributed by atoms with Crippen LogP contribution in [0.4, 0.5) is 5.69 Å². The fourth-order valence-corrected chi connectivity index (χ4v) is 3.27. The molecule has 4 heteroatoms. The molecule has 1 amide bonds. The van der Waals surface area contributed by atoms with Crippen LogP contribution in [0.2, 0.25) is 0 Å². The molecule has 0 aromatic heterocycles. The quantitative estimate of drug-likeness (QED) is 0.925. The molecule has 0 saturated carbocycles. The fraction of sp³-hybridized carbons (Fsp3) is 0.588. The summed E-state index contributed by atoms with van der Waals surface area (Å²) in [5, 5.41) is 3.46. The Kier molecular flexibility index (Phi) is 4.44. The van der Waals surface area contributed by atoms with Crippen molar-refractivity contribution < 1.29 is 9.53 Å². The second-order valence-electron chi connectivity index (χ2n) is 6.05. The van der Waals surface area contributed by atoms with Gasteiger partial charge < -0.3 is 15.0 Å². The summed E-state index contributed by atoms with van der Waals surface area (Å²) >= 11 is 0. The van der Waals surface area contributed by atoms with Crippen molar-refractivity contribution in [3.05, 3.63) is 23.8 Å². The van der Waals surface area contributed by atoms with Crippen molar-refractivity contribution >= 4 is 11.6 Å². The molecule has 1 aromatic rings. The van der Waals surface area contributed by atoms with Gasteiger partial charge in [-0.05, 0) is 62.4 Å². The predicted molar refractivity (Wildman–Crippen MR) is 83.9 cm³/mol. The number of piperidine rings is 1. The van der Waals surface area contributed by atoms with Gasteiger partial charge in [0.25, 0.3) is 5.91 Å². The van der Waals surface area contributed by atoms with Crippen LogP contribution in [-0.2, 0) is 11.2 Å². The Morgan fingerprint density at radius 2 is 2.33 bits per heavy atom. The monoisotopic (exact) mass is 288 g/mol. The zero-order valence-electron chi connectivity index (χ0n) is 12.7. The number of benzene rings is 1. The summed E-state index contributed by atoms with van der Waals surface area (Å²) in [4.78, 5) is 13.9. The highest BCUT2D eigenvalue weighted by Crippen LogP contribution is 2.34. The third-order valence-electron chi connectivity index (χ3n) is 4.34. The molecule has 1 fully saturated rings. The Hall–Kier alpha value is -1.55. The highest BCUT2D eigenvalue weighted by Gasteiger charge is 2.25. The van der Waals surface area contributed by atoms with Gasteiger partial charge in [0, 0.05) is 6.54 Å². The standard InChI is InChI=1S/C17H24N2O2/c1-2-8-19-15-10-13(9-14-4-3-7-18-11-14)5-6-16(15)21-12-17(19)20/h5-6,10,14,18H,2-4,7-9,11-12H2,1H3. The molecule has 4 nitrogen and oxygen atoms in total. The first-order valence-corrected chi connectivity index (χ1v) is 8.04. The molecule has 2 aliphatic heterocycles. The first-order valence-electron chi connectivity index (χ1n) is 8.04. The molecule has 114 valence electrons. The summed E-state index contributed by atoms with van der Waals surface area (Å²) < 4.78 is 5.55. The molecule has 1 aromatic carbocycles. The number of ether oxygens (including phenoxy) is 1. The lowest BCUT2D eigenvalue weighted by Crippen LogP contribution is -2.39. The molecule has 1 N–H and O–H groups in total. The van der Waals surface area contributed by atoms with Gasteiger partial charge in [-0.1, -0.05) is 13.0 Å². The summed E-state index contributed by atoms with van der Waals surface area (Å²) in [7, 11) is 0. The molecule has 0 radical (unpaired) electrons. The van der Waals surface area contributed by atoms with Gasteiger partial charge in [0.2, 0.25) is 0 Å². The van der Waals surface area contributed by atoms with Crippen LogP contribution in [0.25, 0.3) is 0 Å². The first kappa shape index (κ1) is 14.4. The van der Waals surface area contributed by atoms with E-state index in [-0.39, 0.29) is 12.5 Å². The number of carbonyl (C=O) groups is 1. The van der Waals surface area contributed by atoms with E-state index in [4.69, 9.17) is 4.74 Å². The van der Waals surface area contributed by atoms with E-state index in [1.165, 1.54) is 18.4 Å². The minimum absolute atomic E-state index is 0.0702. The number of amides is 1. The Balaban J connectivity index is 1.79. The summed E-state index contributed by atoms with van der Waals surface area (Å²) in [5.74, 6) is 1.62. The van der Waals surface area contributed by atoms with Crippen LogP contribution < -0.4 is 15.0 Å². The van der Waals surface area contributed by atoms with Crippen molar-refractivity contribution in [1.29, 1.82) is 0 Å². The van der Waals surface area contributed by atoms with Gasteiger partial charge >= 0.3 is 0 Å². The second-order valence-corrected chi connectivity index (χ2v) is 6.05. The van der Waals surface area contributed by atoms with Crippen molar-refractivity contribution in [2.45, 2.75) is 32.6 Å². The summed E-state index contributed by atoms with van der Waals surface area (Å²) in [6, 6.07) is 6.32. The molecule has 2 aliphatic rings. The maximum absolute atomic E-state index is 12.0. The highest BCUT2D eigenvalue weighted by atomic mass is 16.5. The number of hydrogen-bond donors (Lipinski definition) is 1. The Bertz CT molecular complexity index is 510. The zero-order chi connectivity index (χ0) is 14.7. The molecule has 1 saturated heterocycles. The van der Waals surface area contributed by atoms with E-state index >= 15 is 0 Å². The van der Waals surface area contributed by atoms with Gasteiger partial charge in [0.15, 0.2) is 6.61 Å². The molecule has 2 heterocycles. The van der Waals surface area contributed by atoms with Gasteiger partial charge in [0.1, 0.15) is 5.75 Å². The average molecular weight is 288 g/mol. The minimum atomic E-state index is 0.0702. The number of anilines is 1. The van der Waals surface area contributed by atoms with Crippen LogP contribution >= 0.6 is 0 Å². The van der Waals surface area contributed by atoms with Crippen LogP contribution in [-0.4, -0.2) is 32.1 Å². The molecule has 21 heavy (non-hydrogen) atoms. The number of nitrogens with zero attached hydrogens (tertiary/aromatic N) is 1. The van der Waals surface area contributed by atoms with Crippen molar-refractivity contribution in [2.75, 3.05) is 31.1 Å². The molecule has 3 rings (SSSR count). The molecular weight excluding hydrogens is 264 g/mol. The van der Waals surface area contributed by atoms with Gasteiger partial charge in [0.05, 0.1) is 5.69 Å². The van der Waals surface area contributed by atoms with E-state index < -0.39 is 0 Å². The van der Waals surface area contributed by atoms with E-state index in [9.17, 15) is 4.79 Å². The van der Waals surface area contributed by atoms with Crippen molar-refractivity contribution in [3.63, 3.8) is 0 Å². The average Bonchev–Trinajstić information content (AvgIpc) is 2.51. The number of rotatable bonds is 4. The fourth-order valence-electron chi connectivity index (χ4n) is 3.27. The topological polar surface area (TPSA) is 41.6 Å². The van der Waals surface area contributed by atoms with E-state index in [2.05, 4.69) is 24.4 Å². The molecular formula is C17H24N2O2. The van der Waals surface area contributed by atoms with Crippen LogP contribution in [0.5, 0.6) is 5.75 Å². The van der Waals surface area contributed by atoms with Gasteiger partial charge in [-0.25, -0.2) is 0 Å². The summed E-state index contributed by atoms with van der Waals surface area (Å²) in [6.07, 6.45) is 4.59. The van der Waals surface area contributed by atoms with E-state index in [0.29, 0.717) is 5.92 Å². The van der Waals surface area contributed by atoms with E-state index in [0.717, 1.165) is 43.9 Å². The third-order valence-corrected chi connectivity index (χ3v) is 4.34. The van der Waals surface area contributed by atoms with Gasteiger partial charge in [-0.3, -0.25) is 4.79 Å². The zero-order valence-corrected chi connectivity index (χ0v) is 12.7. The highest BCUT2D eigenvalue weighted by molar-refractivity contribution is 5.97. The second kappa shape index (κ2) is 6.48. The minimum Gasteiger partial charge on any atom is -0.482 e. The molecule has 0 aliphatic carbocycles. The molecule has 1 atom stereocenters. The third kappa shape index (κ3) is 3.21. The lowest BCUT2D eigenvalue weighted by molar-refractivity contribution is -0.121. The summed E-state index contributed by atoms with van der Waals surface area (Å²) in [6.45, 7) is 5.28. The maximum atomic E-state index is 12.0. The van der Waals surface area contributed by atoms with Gasteiger partial charge in [-0.2, -0.15) is 0 Å². The lowest BCUT2D eigenvalue weighted by atomic mass is 9.92. The molecule has 0 bridgehead atoms. The largest absolute Gasteiger partial charge is 0.482 e. The first-order chi connectivity index (χ1) is 10.3. The van der Waals surface area contributed by atoms with E-state index in [1.807, 2.05) is 11.0 Å². The predicted octanol–water partition coefficient (Wildman–Crippen LogP) is 2.36. The number of nitrogens with one attached hydrogen (secondary N) is 1. The maximum Gasteiger partial charge on any atom is 0.265 e. The van der Waals surface area contributed by atoms with Gasteiger partial charge in [-0.15, -0.1) is 0 Å². The number of hydrogen-bond acceptors (Lipinski definition) is 3. The van der Waals surface area contributed by atoms with Crippen LogP contribution in [0, 0.1) is 5.92 Å². The van der Waals surface area contributed by atoms with Crippen molar-refractivity contribution in [2.24, 2.45) is 5.92 Å². The molecule has 1 unspecified atom stereocenters. The number of carbonyl (C=O) groups excluding carboxylic acids is 1.